The van der Waals surface area contributed by atoms with Crippen LogP contribution in [0.1, 0.15) is 22.8 Å². The molecule has 1 aliphatic rings. The van der Waals surface area contributed by atoms with E-state index in [0.717, 1.165) is 61.6 Å². The SMILES string of the molecule is Cc1noc(C)c1CN1CCN(c2cccc(-n3ccnc3C)n2)CC1. The molecule has 7 nitrogen and oxygen atoms in total. The van der Waals surface area contributed by atoms with Crippen LogP contribution in [0.25, 0.3) is 5.82 Å². The first kappa shape index (κ1) is 16.8. The number of piperazine rings is 1. The molecule has 1 aliphatic heterocycles. The van der Waals surface area contributed by atoms with Crippen LogP contribution in [0.4, 0.5) is 5.82 Å². The molecule has 4 heterocycles. The number of aromatic nitrogens is 4. The normalized spacial score (nSPS) is 15.6. The lowest BCUT2D eigenvalue weighted by Gasteiger charge is -2.35. The van der Waals surface area contributed by atoms with Gasteiger partial charge in [0.25, 0.3) is 0 Å². The van der Waals surface area contributed by atoms with Crippen molar-refractivity contribution in [1.82, 2.24) is 24.6 Å². The van der Waals surface area contributed by atoms with E-state index in [1.807, 2.05) is 37.6 Å². The summed E-state index contributed by atoms with van der Waals surface area (Å²) < 4.78 is 7.29. The van der Waals surface area contributed by atoms with Crippen molar-refractivity contribution < 1.29 is 4.52 Å². The average molecular weight is 352 g/mol. The minimum atomic E-state index is 0.900. The second-order valence-corrected chi connectivity index (χ2v) is 6.76. The van der Waals surface area contributed by atoms with Gasteiger partial charge in [0.1, 0.15) is 23.2 Å². The topological polar surface area (TPSA) is 63.2 Å². The summed E-state index contributed by atoms with van der Waals surface area (Å²) in [6.07, 6.45) is 3.75. The van der Waals surface area contributed by atoms with Gasteiger partial charge in [0, 0.05) is 50.7 Å². The van der Waals surface area contributed by atoms with E-state index in [2.05, 4.69) is 32.1 Å². The maximum atomic E-state index is 5.28. The number of pyridine rings is 1. The van der Waals surface area contributed by atoms with E-state index in [9.17, 15) is 0 Å². The number of hydrogen-bond acceptors (Lipinski definition) is 6. The smallest absolute Gasteiger partial charge is 0.140 e. The molecule has 26 heavy (non-hydrogen) atoms. The van der Waals surface area contributed by atoms with E-state index in [1.165, 1.54) is 5.56 Å². The zero-order valence-electron chi connectivity index (χ0n) is 15.5. The third kappa shape index (κ3) is 3.22. The molecule has 3 aromatic heterocycles. The second-order valence-electron chi connectivity index (χ2n) is 6.76. The molecule has 3 aromatic rings. The molecular formula is C19H24N6O. The fourth-order valence-electron chi connectivity index (χ4n) is 3.43. The Morgan fingerprint density at radius 1 is 1.04 bits per heavy atom. The number of nitrogens with zero attached hydrogens (tertiary/aromatic N) is 6. The monoisotopic (exact) mass is 352 g/mol. The molecule has 0 atom stereocenters. The summed E-state index contributed by atoms with van der Waals surface area (Å²) in [5, 5.41) is 4.06. The van der Waals surface area contributed by atoms with Crippen LogP contribution in [0.15, 0.2) is 35.1 Å². The highest BCUT2D eigenvalue weighted by molar-refractivity contribution is 5.43. The predicted molar refractivity (Wildman–Crippen MR) is 99.6 cm³/mol. The van der Waals surface area contributed by atoms with Crippen LogP contribution in [0, 0.1) is 20.8 Å². The van der Waals surface area contributed by atoms with Gasteiger partial charge in [-0.3, -0.25) is 9.47 Å². The molecule has 0 aliphatic carbocycles. The Hall–Kier alpha value is -2.67. The Kier molecular flexibility index (Phi) is 4.46. The Labute approximate surface area is 153 Å². The van der Waals surface area contributed by atoms with Gasteiger partial charge < -0.3 is 9.42 Å². The number of rotatable bonds is 4. The summed E-state index contributed by atoms with van der Waals surface area (Å²) in [6, 6.07) is 6.17. The largest absolute Gasteiger partial charge is 0.361 e. The molecule has 1 fully saturated rings. The maximum absolute atomic E-state index is 5.28. The van der Waals surface area contributed by atoms with Crippen molar-refractivity contribution in [3.8, 4) is 5.82 Å². The van der Waals surface area contributed by atoms with E-state index in [0.29, 0.717) is 0 Å². The van der Waals surface area contributed by atoms with Crippen molar-refractivity contribution in [1.29, 1.82) is 0 Å². The lowest BCUT2D eigenvalue weighted by atomic mass is 10.2. The molecule has 0 unspecified atom stereocenters. The molecule has 7 heteroatoms. The molecule has 4 rings (SSSR count). The van der Waals surface area contributed by atoms with Crippen LogP contribution < -0.4 is 4.90 Å². The van der Waals surface area contributed by atoms with Crippen LogP contribution in [-0.2, 0) is 6.54 Å². The summed E-state index contributed by atoms with van der Waals surface area (Å²) in [5.74, 6) is 3.80. The summed E-state index contributed by atoms with van der Waals surface area (Å²) in [6.45, 7) is 10.8. The summed E-state index contributed by atoms with van der Waals surface area (Å²) in [5.41, 5.74) is 2.21. The van der Waals surface area contributed by atoms with Crippen molar-refractivity contribution in [2.45, 2.75) is 27.3 Å². The van der Waals surface area contributed by atoms with Gasteiger partial charge in [-0.1, -0.05) is 11.2 Å². The minimum absolute atomic E-state index is 0.900. The highest BCUT2D eigenvalue weighted by atomic mass is 16.5. The molecule has 0 bridgehead atoms. The Bertz CT molecular complexity index is 872. The van der Waals surface area contributed by atoms with Gasteiger partial charge in [-0.25, -0.2) is 9.97 Å². The van der Waals surface area contributed by atoms with E-state index in [-0.39, 0.29) is 0 Å². The minimum Gasteiger partial charge on any atom is -0.361 e. The van der Waals surface area contributed by atoms with Gasteiger partial charge in [-0.2, -0.15) is 0 Å². The quantitative estimate of drug-likeness (QED) is 0.719. The summed E-state index contributed by atoms with van der Waals surface area (Å²) >= 11 is 0. The molecule has 1 saturated heterocycles. The highest BCUT2D eigenvalue weighted by Gasteiger charge is 2.21. The Morgan fingerprint density at radius 3 is 2.46 bits per heavy atom. The van der Waals surface area contributed by atoms with Crippen LogP contribution in [0.5, 0.6) is 0 Å². The first-order valence-electron chi connectivity index (χ1n) is 8.98. The first-order valence-corrected chi connectivity index (χ1v) is 8.98. The first-order chi connectivity index (χ1) is 12.6. The van der Waals surface area contributed by atoms with Crippen LogP contribution in [0.2, 0.25) is 0 Å². The van der Waals surface area contributed by atoms with Crippen LogP contribution >= 0.6 is 0 Å². The van der Waals surface area contributed by atoms with Gasteiger partial charge in [0.15, 0.2) is 0 Å². The lowest BCUT2D eigenvalue weighted by molar-refractivity contribution is 0.247. The molecule has 136 valence electrons. The van der Waals surface area contributed by atoms with E-state index in [4.69, 9.17) is 9.51 Å². The van der Waals surface area contributed by atoms with E-state index < -0.39 is 0 Å². The number of anilines is 1. The Morgan fingerprint density at radius 2 is 1.81 bits per heavy atom. The number of aryl methyl sites for hydroxylation is 3. The van der Waals surface area contributed by atoms with Crippen molar-refractivity contribution in [2.24, 2.45) is 0 Å². The fourth-order valence-corrected chi connectivity index (χ4v) is 3.43. The predicted octanol–water partition coefficient (Wildman–Crippen LogP) is 2.50. The summed E-state index contributed by atoms with van der Waals surface area (Å²) in [4.78, 5) is 13.9. The summed E-state index contributed by atoms with van der Waals surface area (Å²) in [7, 11) is 0. The highest BCUT2D eigenvalue weighted by Crippen LogP contribution is 2.19. The van der Waals surface area contributed by atoms with Gasteiger partial charge >= 0.3 is 0 Å². The van der Waals surface area contributed by atoms with Crippen molar-refractivity contribution in [3.63, 3.8) is 0 Å². The lowest BCUT2D eigenvalue weighted by Crippen LogP contribution is -2.46. The molecule has 0 amide bonds. The molecule has 0 N–H and O–H groups in total. The van der Waals surface area contributed by atoms with Crippen molar-refractivity contribution in [2.75, 3.05) is 31.1 Å². The number of hydrogen-bond donors (Lipinski definition) is 0. The molecule has 0 aromatic carbocycles. The average Bonchev–Trinajstić information content (AvgIpc) is 3.23. The van der Waals surface area contributed by atoms with Crippen molar-refractivity contribution >= 4 is 5.82 Å². The molecule has 0 saturated carbocycles. The fraction of sp³-hybridized carbons (Fsp3) is 0.421. The second kappa shape index (κ2) is 6.92. The number of imidazole rings is 1. The maximum Gasteiger partial charge on any atom is 0.140 e. The van der Waals surface area contributed by atoms with Gasteiger partial charge in [-0.05, 0) is 32.9 Å². The van der Waals surface area contributed by atoms with Crippen molar-refractivity contribution in [3.05, 3.63) is 53.4 Å². The van der Waals surface area contributed by atoms with Gasteiger partial charge in [0.05, 0.1) is 5.69 Å². The molecule has 0 radical (unpaired) electrons. The third-order valence-corrected chi connectivity index (χ3v) is 5.05. The molecular weight excluding hydrogens is 328 g/mol. The Balaban J connectivity index is 1.43. The van der Waals surface area contributed by atoms with Crippen LogP contribution in [-0.4, -0.2) is 50.8 Å². The van der Waals surface area contributed by atoms with Gasteiger partial charge in [-0.15, -0.1) is 0 Å². The van der Waals surface area contributed by atoms with Gasteiger partial charge in [0.2, 0.25) is 0 Å². The van der Waals surface area contributed by atoms with E-state index >= 15 is 0 Å². The third-order valence-electron chi connectivity index (χ3n) is 5.05. The zero-order valence-corrected chi connectivity index (χ0v) is 15.5. The molecule has 0 spiro atoms. The van der Waals surface area contributed by atoms with E-state index in [1.54, 1.807) is 6.20 Å². The standard InChI is InChI=1S/C19H24N6O/c1-14-17(15(2)26-22-14)13-23-9-11-24(12-10-23)18-5-4-6-19(21-18)25-8-7-20-16(25)3/h4-8H,9-13H2,1-3H3. The zero-order chi connectivity index (χ0) is 18.1. The van der Waals surface area contributed by atoms with Crippen LogP contribution in [0.3, 0.4) is 0 Å².